The molecule has 2 aromatic rings. The molecule has 0 fully saturated rings. The lowest BCUT2D eigenvalue weighted by Gasteiger charge is -2.10. The first-order valence-corrected chi connectivity index (χ1v) is 9.21. The number of sulfonamides is 1. The van der Waals surface area contributed by atoms with Gasteiger partial charge in [-0.3, -0.25) is 4.72 Å². The maximum atomic E-state index is 12.4. The molecule has 0 aliphatic rings. The van der Waals surface area contributed by atoms with Gasteiger partial charge in [-0.2, -0.15) is 0 Å². The molecule has 2 rings (SSSR count). The van der Waals surface area contributed by atoms with Gasteiger partial charge in [-0.05, 0) is 54.8 Å². The number of hydrogen-bond donors (Lipinski definition) is 1. The molecule has 0 bridgehead atoms. The first kappa shape index (κ1) is 18.0. The van der Waals surface area contributed by atoms with Crippen LogP contribution in [0.4, 0.5) is 5.69 Å². The van der Waals surface area contributed by atoms with Gasteiger partial charge >= 0.3 is 5.97 Å². The Hall–Kier alpha value is -2.34. The number of hydrogen-bond acceptors (Lipinski definition) is 4. The summed E-state index contributed by atoms with van der Waals surface area (Å²) in [4.78, 5) is 11.8. The van der Waals surface area contributed by atoms with Crippen molar-refractivity contribution in [2.24, 2.45) is 0 Å². The van der Waals surface area contributed by atoms with Crippen LogP contribution in [0.3, 0.4) is 0 Å². The molecule has 0 aromatic heterocycles. The van der Waals surface area contributed by atoms with Gasteiger partial charge in [-0.15, -0.1) is 0 Å². The van der Waals surface area contributed by atoms with Crippen molar-refractivity contribution in [1.82, 2.24) is 0 Å². The van der Waals surface area contributed by atoms with Crippen molar-refractivity contribution < 1.29 is 17.9 Å². The molecule has 0 aliphatic carbocycles. The number of nitrogens with one attached hydrogen (secondary N) is 1. The Labute approximate surface area is 142 Å². The highest BCUT2D eigenvalue weighted by Crippen LogP contribution is 2.20. The summed E-state index contributed by atoms with van der Waals surface area (Å²) in [5.41, 5.74) is 1.84. The van der Waals surface area contributed by atoms with E-state index in [2.05, 4.69) is 4.72 Å². The Morgan fingerprint density at radius 1 is 1.04 bits per heavy atom. The summed E-state index contributed by atoms with van der Waals surface area (Å²) in [6, 6.07) is 12.9. The van der Waals surface area contributed by atoms with Gasteiger partial charge in [-0.1, -0.05) is 26.0 Å². The molecule has 24 heavy (non-hydrogen) atoms. The summed E-state index contributed by atoms with van der Waals surface area (Å²) in [6.07, 6.45) is 0. The SMILES string of the molecule is CCOC(=O)c1ccc(NS(=O)(=O)c2ccc(C(C)C)cc2)cc1. The van der Waals surface area contributed by atoms with Gasteiger partial charge in [0.15, 0.2) is 0 Å². The van der Waals surface area contributed by atoms with Crippen molar-refractivity contribution in [1.29, 1.82) is 0 Å². The van der Waals surface area contributed by atoms with E-state index >= 15 is 0 Å². The van der Waals surface area contributed by atoms with Crippen LogP contribution in [0.1, 0.15) is 42.6 Å². The van der Waals surface area contributed by atoms with Crippen LogP contribution in [0.15, 0.2) is 53.4 Å². The molecule has 0 spiro atoms. The minimum atomic E-state index is -3.67. The van der Waals surface area contributed by atoms with Crippen LogP contribution < -0.4 is 4.72 Å². The Kier molecular flexibility index (Phi) is 5.62. The molecule has 5 nitrogen and oxygen atoms in total. The Morgan fingerprint density at radius 2 is 1.62 bits per heavy atom. The van der Waals surface area contributed by atoms with Crippen molar-refractivity contribution in [2.75, 3.05) is 11.3 Å². The van der Waals surface area contributed by atoms with Crippen LogP contribution in [-0.2, 0) is 14.8 Å². The van der Waals surface area contributed by atoms with Crippen LogP contribution in [0.25, 0.3) is 0 Å². The fraction of sp³-hybridized carbons (Fsp3) is 0.278. The second-order valence-electron chi connectivity index (χ2n) is 5.63. The molecule has 0 saturated heterocycles. The molecular weight excluding hydrogens is 326 g/mol. The molecule has 1 N–H and O–H groups in total. The Morgan fingerprint density at radius 3 is 2.12 bits per heavy atom. The standard InChI is InChI=1S/C18H21NO4S/c1-4-23-18(20)15-5-9-16(10-6-15)19-24(21,22)17-11-7-14(8-12-17)13(2)3/h5-13,19H,4H2,1-3H3. The second kappa shape index (κ2) is 7.49. The third-order valence-electron chi connectivity index (χ3n) is 3.51. The van der Waals surface area contributed by atoms with E-state index in [-0.39, 0.29) is 4.90 Å². The topological polar surface area (TPSA) is 72.5 Å². The third-order valence-corrected chi connectivity index (χ3v) is 4.90. The largest absolute Gasteiger partial charge is 0.462 e. The number of benzene rings is 2. The smallest absolute Gasteiger partial charge is 0.338 e. The van der Waals surface area contributed by atoms with E-state index in [9.17, 15) is 13.2 Å². The zero-order valence-corrected chi connectivity index (χ0v) is 14.8. The van der Waals surface area contributed by atoms with E-state index in [1.54, 1.807) is 19.1 Å². The molecule has 0 amide bonds. The van der Waals surface area contributed by atoms with E-state index in [0.717, 1.165) is 5.56 Å². The summed E-state index contributed by atoms with van der Waals surface area (Å²) in [5.74, 6) is -0.0960. The summed E-state index contributed by atoms with van der Waals surface area (Å²) in [7, 11) is -3.67. The van der Waals surface area contributed by atoms with Gasteiger partial charge in [0.1, 0.15) is 0 Å². The Bertz CT molecular complexity index is 794. The number of anilines is 1. The maximum absolute atomic E-state index is 12.4. The summed E-state index contributed by atoms with van der Waals surface area (Å²) in [6.45, 7) is 6.12. The van der Waals surface area contributed by atoms with E-state index < -0.39 is 16.0 Å². The molecule has 0 saturated carbocycles. The van der Waals surface area contributed by atoms with Crippen LogP contribution in [0, 0.1) is 0 Å². The van der Waals surface area contributed by atoms with Gasteiger partial charge < -0.3 is 4.74 Å². The highest BCUT2D eigenvalue weighted by atomic mass is 32.2. The molecule has 0 atom stereocenters. The molecule has 0 heterocycles. The average molecular weight is 347 g/mol. The van der Waals surface area contributed by atoms with Gasteiger partial charge in [0.25, 0.3) is 10.0 Å². The summed E-state index contributed by atoms with van der Waals surface area (Å²) < 4.78 is 32.2. The van der Waals surface area contributed by atoms with Gasteiger partial charge in [0, 0.05) is 5.69 Å². The predicted octanol–water partition coefficient (Wildman–Crippen LogP) is 3.79. The van der Waals surface area contributed by atoms with Crippen LogP contribution in [0.2, 0.25) is 0 Å². The monoisotopic (exact) mass is 347 g/mol. The highest BCUT2D eigenvalue weighted by Gasteiger charge is 2.15. The van der Waals surface area contributed by atoms with Gasteiger partial charge in [0.2, 0.25) is 0 Å². The first-order valence-electron chi connectivity index (χ1n) is 7.73. The average Bonchev–Trinajstić information content (AvgIpc) is 2.55. The number of carbonyl (C=O) groups is 1. The van der Waals surface area contributed by atoms with E-state index in [1.807, 2.05) is 26.0 Å². The Balaban J connectivity index is 2.15. The molecule has 2 aromatic carbocycles. The fourth-order valence-corrected chi connectivity index (χ4v) is 3.19. The number of carbonyl (C=O) groups excluding carboxylic acids is 1. The van der Waals surface area contributed by atoms with E-state index in [0.29, 0.717) is 23.8 Å². The lowest BCUT2D eigenvalue weighted by Crippen LogP contribution is -2.13. The maximum Gasteiger partial charge on any atom is 0.338 e. The van der Waals surface area contributed by atoms with E-state index in [1.165, 1.54) is 24.3 Å². The van der Waals surface area contributed by atoms with Crippen molar-refractivity contribution in [2.45, 2.75) is 31.6 Å². The van der Waals surface area contributed by atoms with Crippen molar-refractivity contribution in [3.05, 3.63) is 59.7 Å². The van der Waals surface area contributed by atoms with Crippen molar-refractivity contribution in [3.63, 3.8) is 0 Å². The lowest BCUT2D eigenvalue weighted by molar-refractivity contribution is 0.0526. The summed E-state index contributed by atoms with van der Waals surface area (Å²) in [5, 5.41) is 0. The number of esters is 1. The minimum absolute atomic E-state index is 0.196. The van der Waals surface area contributed by atoms with Crippen LogP contribution >= 0.6 is 0 Å². The fourth-order valence-electron chi connectivity index (χ4n) is 2.13. The van der Waals surface area contributed by atoms with Crippen molar-refractivity contribution >= 4 is 21.7 Å². The van der Waals surface area contributed by atoms with Crippen molar-refractivity contribution in [3.8, 4) is 0 Å². The van der Waals surface area contributed by atoms with Gasteiger partial charge in [-0.25, -0.2) is 13.2 Å². The normalized spacial score (nSPS) is 11.3. The van der Waals surface area contributed by atoms with E-state index in [4.69, 9.17) is 4.74 Å². The molecule has 0 radical (unpaired) electrons. The zero-order chi connectivity index (χ0) is 17.7. The number of ether oxygens (including phenoxy) is 1. The second-order valence-corrected chi connectivity index (χ2v) is 7.31. The number of rotatable bonds is 6. The third kappa shape index (κ3) is 4.35. The zero-order valence-electron chi connectivity index (χ0n) is 13.9. The highest BCUT2D eigenvalue weighted by molar-refractivity contribution is 7.92. The predicted molar refractivity (Wildman–Crippen MR) is 93.7 cm³/mol. The molecule has 128 valence electrons. The van der Waals surface area contributed by atoms with Gasteiger partial charge in [0.05, 0.1) is 17.1 Å². The summed E-state index contributed by atoms with van der Waals surface area (Å²) >= 11 is 0. The minimum Gasteiger partial charge on any atom is -0.462 e. The lowest BCUT2D eigenvalue weighted by atomic mass is 10.0. The van der Waals surface area contributed by atoms with Crippen LogP contribution in [-0.4, -0.2) is 21.0 Å². The molecule has 6 heteroatoms. The first-order chi connectivity index (χ1) is 11.3. The van der Waals surface area contributed by atoms with Crippen LogP contribution in [0.5, 0.6) is 0 Å². The molecular formula is C18H21NO4S. The molecule has 0 unspecified atom stereocenters. The quantitative estimate of drug-likeness (QED) is 0.807. The molecule has 0 aliphatic heterocycles.